The summed E-state index contributed by atoms with van der Waals surface area (Å²) in [5.41, 5.74) is 0.538. The molecule has 220 valence electrons. The van der Waals surface area contributed by atoms with Gasteiger partial charge in [0.05, 0.1) is 34.8 Å². The Morgan fingerprint density at radius 3 is 2.40 bits per heavy atom. The average molecular weight is 582 g/mol. The topological polar surface area (TPSA) is 81.6 Å². The molecule has 0 radical (unpaired) electrons. The van der Waals surface area contributed by atoms with E-state index in [0.717, 1.165) is 50.3 Å². The lowest BCUT2D eigenvalue weighted by Gasteiger charge is -2.38. The van der Waals surface area contributed by atoms with Crippen molar-refractivity contribution in [1.29, 1.82) is 0 Å². The van der Waals surface area contributed by atoms with Gasteiger partial charge in [0.2, 0.25) is 0 Å². The number of nitrogens with one attached hydrogen (secondary N) is 2. The van der Waals surface area contributed by atoms with Crippen molar-refractivity contribution in [3.05, 3.63) is 41.1 Å². The number of alkyl halides is 3. The molecule has 2 N–H and O–H groups in total. The third-order valence-electron chi connectivity index (χ3n) is 8.29. The summed E-state index contributed by atoms with van der Waals surface area (Å²) in [5, 5.41) is 3.09. The molecule has 1 aliphatic carbocycles. The second-order valence-corrected chi connectivity index (χ2v) is 12.8. The van der Waals surface area contributed by atoms with E-state index in [0.29, 0.717) is 42.5 Å². The smallest absolute Gasteiger partial charge is 0.381 e. The number of hydrogen-bond donors (Lipinski definition) is 2. The summed E-state index contributed by atoms with van der Waals surface area (Å²) in [5.74, 6) is 0.176. The van der Waals surface area contributed by atoms with E-state index >= 15 is 0 Å². The molecule has 40 heavy (non-hydrogen) atoms. The molecular weight excluding hydrogens is 543 g/mol. The molecule has 1 atom stereocenters. The van der Waals surface area contributed by atoms with Gasteiger partial charge in [-0.25, -0.2) is 8.93 Å². The van der Waals surface area contributed by atoms with Gasteiger partial charge in [0.15, 0.2) is 0 Å². The average Bonchev–Trinajstić information content (AvgIpc) is 3.24. The number of ether oxygens (including phenoxy) is 2. The number of amides is 1. The highest BCUT2D eigenvalue weighted by Gasteiger charge is 2.39. The van der Waals surface area contributed by atoms with Crippen LogP contribution in [0.15, 0.2) is 29.2 Å². The fourth-order valence-corrected chi connectivity index (χ4v) is 7.14. The van der Waals surface area contributed by atoms with E-state index in [1.807, 2.05) is 11.5 Å². The molecule has 3 aliphatic rings. The van der Waals surface area contributed by atoms with Gasteiger partial charge in [-0.1, -0.05) is 25.3 Å². The number of halogens is 3. The standard InChI is InChI=1S/C29H38F3N3O4S/c1-19-23(27(36)33-22-10-12-38-13-11-22)15-25(35(19)16-20-6-4-3-5-7-20)21-8-9-26(24(14-21)29(30,31)32)40(37)34-28(2)17-39-18-28/h8-9,14-15,20,22,34H,3-7,10-13,16-18H2,1-2H3,(H,33,36). The molecule has 1 saturated carbocycles. The number of rotatable bonds is 8. The van der Waals surface area contributed by atoms with Crippen molar-refractivity contribution in [2.24, 2.45) is 5.92 Å². The summed E-state index contributed by atoms with van der Waals surface area (Å²) in [6.07, 6.45) is 2.32. The van der Waals surface area contributed by atoms with Gasteiger partial charge in [-0.2, -0.15) is 13.2 Å². The lowest BCUT2D eigenvalue weighted by Crippen LogP contribution is -2.58. The van der Waals surface area contributed by atoms with Gasteiger partial charge in [-0.3, -0.25) is 4.79 Å². The largest absolute Gasteiger partial charge is 0.417 e. The van der Waals surface area contributed by atoms with Crippen LogP contribution in [-0.2, 0) is 33.2 Å². The lowest BCUT2D eigenvalue weighted by atomic mass is 9.89. The van der Waals surface area contributed by atoms with Crippen molar-refractivity contribution in [3.8, 4) is 11.3 Å². The monoisotopic (exact) mass is 581 g/mol. The van der Waals surface area contributed by atoms with Crippen LogP contribution in [0.4, 0.5) is 13.2 Å². The Kier molecular flexibility index (Phi) is 8.75. The zero-order valence-corrected chi connectivity index (χ0v) is 23.9. The first-order valence-corrected chi connectivity index (χ1v) is 15.3. The van der Waals surface area contributed by atoms with Gasteiger partial charge >= 0.3 is 6.18 Å². The van der Waals surface area contributed by atoms with Crippen molar-refractivity contribution in [2.75, 3.05) is 26.4 Å². The minimum Gasteiger partial charge on any atom is -0.381 e. The van der Waals surface area contributed by atoms with E-state index in [2.05, 4.69) is 10.0 Å². The first-order chi connectivity index (χ1) is 19.0. The summed E-state index contributed by atoms with van der Waals surface area (Å²) in [4.78, 5) is 13.0. The minimum absolute atomic E-state index is 0.00677. The van der Waals surface area contributed by atoms with Gasteiger partial charge in [0.25, 0.3) is 5.91 Å². The van der Waals surface area contributed by atoms with Crippen LogP contribution >= 0.6 is 0 Å². The van der Waals surface area contributed by atoms with Gasteiger partial charge in [0, 0.05) is 37.2 Å². The summed E-state index contributed by atoms with van der Waals surface area (Å²) in [7, 11) is -2.08. The number of hydrogen-bond acceptors (Lipinski definition) is 4. The number of carbonyl (C=O) groups excluding carboxylic acids is 1. The molecule has 11 heteroatoms. The van der Waals surface area contributed by atoms with E-state index in [-0.39, 0.29) is 30.1 Å². The van der Waals surface area contributed by atoms with Crippen molar-refractivity contribution < 1.29 is 31.6 Å². The summed E-state index contributed by atoms with van der Waals surface area (Å²) in [6.45, 7) is 6.02. The molecule has 0 spiro atoms. The molecule has 1 amide bonds. The fourth-order valence-electron chi connectivity index (χ4n) is 5.90. The Bertz CT molecular complexity index is 1250. The number of carbonyl (C=O) groups is 1. The zero-order valence-electron chi connectivity index (χ0n) is 23.1. The van der Waals surface area contributed by atoms with Gasteiger partial charge in [0.1, 0.15) is 11.0 Å². The maximum atomic E-state index is 14.3. The Balaban J connectivity index is 1.51. The Morgan fingerprint density at radius 1 is 1.07 bits per heavy atom. The van der Waals surface area contributed by atoms with Crippen LogP contribution in [0.5, 0.6) is 0 Å². The maximum absolute atomic E-state index is 14.3. The van der Waals surface area contributed by atoms with Crippen LogP contribution in [0.1, 0.15) is 73.5 Å². The van der Waals surface area contributed by atoms with Crippen LogP contribution in [0.3, 0.4) is 0 Å². The first-order valence-electron chi connectivity index (χ1n) is 14.1. The summed E-state index contributed by atoms with van der Waals surface area (Å²) < 4.78 is 71.3. The first kappa shape index (κ1) is 29.3. The molecule has 2 saturated heterocycles. The van der Waals surface area contributed by atoms with Crippen LogP contribution in [0.2, 0.25) is 0 Å². The molecule has 1 aromatic heterocycles. The van der Waals surface area contributed by atoms with Crippen molar-refractivity contribution in [1.82, 2.24) is 14.6 Å². The highest BCUT2D eigenvalue weighted by molar-refractivity contribution is 7.83. The number of benzene rings is 1. The predicted molar refractivity (Wildman–Crippen MR) is 146 cm³/mol. The number of nitrogens with zero attached hydrogens (tertiary/aromatic N) is 1. The second kappa shape index (κ2) is 12.0. The van der Waals surface area contributed by atoms with E-state index in [1.54, 1.807) is 19.1 Å². The van der Waals surface area contributed by atoms with E-state index in [4.69, 9.17) is 9.47 Å². The van der Waals surface area contributed by atoms with Gasteiger partial charge in [-0.05, 0) is 69.2 Å². The predicted octanol–water partition coefficient (Wildman–Crippen LogP) is 5.37. The maximum Gasteiger partial charge on any atom is 0.417 e. The van der Waals surface area contributed by atoms with E-state index < -0.39 is 28.3 Å². The van der Waals surface area contributed by atoms with Crippen LogP contribution in [-0.4, -0.2) is 52.7 Å². The minimum atomic E-state index is -4.71. The third-order valence-corrected chi connectivity index (χ3v) is 9.73. The molecule has 3 heterocycles. The lowest BCUT2D eigenvalue weighted by molar-refractivity contribution is -0.139. The molecule has 2 aliphatic heterocycles. The molecule has 1 aromatic carbocycles. The molecule has 3 fully saturated rings. The normalized spacial score (nSPS) is 21.1. The Hall–Kier alpha value is -2.21. The fraction of sp³-hybridized carbons (Fsp3) is 0.621. The zero-order chi connectivity index (χ0) is 28.5. The highest BCUT2D eigenvalue weighted by atomic mass is 32.2. The van der Waals surface area contributed by atoms with E-state index in [9.17, 15) is 22.2 Å². The third kappa shape index (κ3) is 6.48. The van der Waals surface area contributed by atoms with Crippen LogP contribution < -0.4 is 10.0 Å². The van der Waals surface area contributed by atoms with Gasteiger partial charge in [-0.15, -0.1) is 0 Å². The Labute approximate surface area is 235 Å². The van der Waals surface area contributed by atoms with E-state index in [1.165, 1.54) is 12.5 Å². The molecular formula is C29H38F3N3O4S. The Morgan fingerprint density at radius 2 is 1.77 bits per heavy atom. The highest BCUT2D eigenvalue weighted by Crippen LogP contribution is 2.38. The quantitative estimate of drug-likeness (QED) is 0.439. The molecule has 0 bridgehead atoms. The number of aromatic nitrogens is 1. The van der Waals surface area contributed by atoms with Gasteiger partial charge < -0.3 is 19.4 Å². The molecule has 2 aromatic rings. The van der Waals surface area contributed by atoms with Crippen LogP contribution in [0, 0.1) is 12.8 Å². The molecule has 5 rings (SSSR count). The SMILES string of the molecule is Cc1c(C(=O)NC2CCOCC2)cc(-c2ccc(S(=O)NC3(C)COC3)c(C(F)(F)F)c2)n1CC1CCCCC1. The second-order valence-electron chi connectivity index (χ2n) is 11.6. The molecule has 7 nitrogen and oxygen atoms in total. The van der Waals surface area contributed by atoms with Crippen molar-refractivity contribution in [3.63, 3.8) is 0 Å². The summed E-state index contributed by atoms with van der Waals surface area (Å²) >= 11 is 0. The van der Waals surface area contributed by atoms with Crippen molar-refractivity contribution in [2.45, 2.75) is 88.0 Å². The van der Waals surface area contributed by atoms with Crippen LogP contribution in [0.25, 0.3) is 11.3 Å². The van der Waals surface area contributed by atoms with Crippen molar-refractivity contribution >= 4 is 16.9 Å². The summed E-state index contributed by atoms with van der Waals surface area (Å²) in [6, 6.07) is 5.66. The molecule has 1 unspecified atom stereocenters.